The summed E-state index contributed by atoms with van der Waals surface area (Å²) in [7, 11) is 1.59. The van der Waals surface area contributed by atoms with Crippen LogP contribution in [0.4, 0.5) is 4.79 Å². The first kappa shape index (κ1) is 21.4. The second kappa shape index (κ2) is 11.1. The minimum Gasteiger partial charge on any atom is -0.448 e. The maximum atomic E-state index is 12.7. The summed E-state index contributed by atoms with van der Waals surface area (Å²) in [6, 6.07) is 7.90. The Morgan fingerprint density at radius 2 is 1.92 bits per heavy atom. The van der Waals surface area contributed by atoms with Gasteiger partial charge in [-0.3, -0.25) is 0 Å². The molecule has 26 heavy (non-hydrogen) atoms. The zero-order valence-electron chi connectivity index (χ0n) is 15.9. The van der Waals surface area contributed by atoms with Crippen LogP contribution < -0.4 is 0 Å². The van der Waals surface area contributed by atoms with Crippen LogP contribution in [0.2, 0.25) is 0 Å². The van der Waals surface area contributed by atoms with Crippen LogP contribution in [0.1, 0.15) is 64.2 Å². The van der Waals surface area contributed by atoms with Gasteiger partial charge in [0.15, 0.2) is 0 Å². The van der Waals surface area contributed by atoms with Crippen LogP contribution in [0.5, 0.6) is 0 Å². The summed E-state index contributed by atoms with van der Waals surface area (Å²) >= 11 is 2.25. The van der Waals surface area contributed by atoms with Gasteiger partial charge in [0.1, 0.15) is 0 Å². The number of methoxy groups -OCH3 is 1. The first-order valence-electron chi connectivity index (χ1n) is 9.43. The summed E-state index contributed by atoms with van der Waals surface area (Å²) < 4.78 is 12.1. The van der Waals surface area contributed by atoms with Crippen molar-refractivity contribution >= 4 is 28.7 Å². The van der Waals surface area contributed by atoms with Crippen molar-refractivity contribution in [2.75, 3.05) is 13.7 Å². The van der Waals surface area contributed by atoms with Gasteiger partial charge in [-0.25, -0.2) is 9.63 Å². The van der Waals surface area contributed by atoms with Crippen molar-refractivity contribution in [2.24, 2.45) is 5.92 Å². The number of amides is 1. The highest BCUT2D eigenvalue weighted by Crippen LogP contribution is 2.29. The fraction of sp³-hybridized carbons (Fsp3) is 0.650. The summed E-state index contributed by atoms with van der Waals surface area (Å²) in [6.07, 6.45) is 5.07. The average Bonchev–Trinajstić information content (AvgIpc) is 2.64. The molecule has 1 fully saturated rings. The quantitative estimate of drug-likeness (QED) is 0.276. The van der Waals surface area contributed by atoms with E-state index in [1.54, 1.807) is 7.11 Å². The van der Waals surface area contributed by atoms with Crippen LogP contribution in [0.15, 0.2) is 24.3 Å². The topological polar surface area (TPSA) is 48.0 Å². The molecule has 1 aliphatic rings. The Bertz CT molecular complexity index is 560. The first-order valence-corrected chi connectivity index (χ1v) is 10.5. The molecular formula is C20H30INO4. The molecule has 1 amide bonds. The highest BCUT2D eigenvalue weighted by molar-refractivity contribution is 14.1. The van der Waals surface area contributed by atoms with E-state index in [4.69, 9.17) is 14.3 Å². The largest absolute Gasteiger partial charge is 0.448 e. The molecule has 0 heterocycles. The fourth-order valence-electron chi connectivity index (χ4n) is 3.04. The molecule has 1 aliphatic carbocycles. The van der Waals surface area contributed by atoms with Crippen molar-refractivity contribution in [1.82, 2.24) is 5.06 Å². The molecule has 0 N–H and O–H groups in total. The minimum atomic E-state index is -0.636. The monoisotopic (exact) mass is 475 g/mol. The average molecular weight is 475 g/mol. The SMILES string of the molecule is CO[C@@H](ON(C(=O)OCCC(C)C)C1CCCCC1)c1ccccc1I. The fourth-order valence-corrected chi connectivity index (χ4v) is 3.68. The third-order valence-electron chi connectivity index (χ3n) is 4.59. The van der Waals surface area contributed by atoms with Crippen molar-refractivity contribution in [3.05, 3.63) is 33.4 Å². The normalized spacial score (nSPS) is 16.5. The van der Waals surface area contributed by atoms with Gasteiger partial charge in [-0.2, -0.15) is 5.06 Å². The van der Waals surface area contributed by atoms with E-state index in [2.05, 4.69) is 36.4 Å². The Kier molecular flexibility index (Phi) is 9.15. The van der Waals surface area contributed by atoms with Gasteiger partial charge < -0.3 is 9.47 Å². The number of hydrogen-bond acceptors (Lipinski definition) is 4. The lowest BCUT2D eigenvalue weighted by Crippen LogP contribution is -2.43. The number of carbonyl (C=O) groups excluding carboxylic acids is 1. The summed E-state index contributed by atoms with van der Waals surface area (Å²) in [4.78, 5) is 18.8. The lowest BCUT2D eigenvalue weighted by atomic mass is 9.95. The van der Waals surface area contributed by atoms with Gasteiger partial charge in [0, 0.05) is 16.2 Å². The molecule has 0 saturated heterocycles. The number of carbonyl (C=O) groups is 1. The highest BCUT2D eigenvalue weighted by atomic mass is 127. The molecule has 1 aromatic carbocycles. The standard InChI is InChI=1S/C20H30INO4/c1-15(2)13-14-25-20(23)22(16-9-5-4-6-10-16)26-19(24-3)17-11-7-8-12-18(17)21/h7-8,11-12,15-16,19H,4-6,9-10,13-14H2,1-3H3/t19-/m0/s1. The number of rotatable bonds is 8. The third-order valence-corrected chi connectivity index (χ3v) is 5.57. The van der Waals surface area contributed by atoms with Crippen molar-refractivity contribution in [2.45, 2.75) is 64.7 Å². The van der Waals surface area contributed by atoms with Gasteiger partial charge in [0.25, 0.3) is 0 Å². The molecule has 0 bridgehead atoms. The first-order chi connectivity index (χ1) is 12.5. The molecule has 1 atom stereocenters. The maximum absolute atomic E-state index is 12.7. The molecule has 0 spiro atoms. The highest BCUT2D eigenvalue weighted by Gasteiger charge is 2.31. The molecule has 0 unspecified atom stereocenters. The molecule has 0 aliphatic heterocycles. The number of hydroxylamine groups is 2. The van der Waals surface area contributed by atoms with Gasteiger partial charge in [-0.1, -0.05) is 51.3 Å². The van der Waals surface area contributed by atoms with E-state index in [1.165, 1.54) is 11.5 Å². The molecule has 5 nitrogen and oxygen atoms in total. The molecule has 1 aromatic rings. The van der Waals surface area contributed by atoms with Crippen LogP contribution in [-0.2, 0) is 14.3 Å². The van der Waals surface area contributed by atoms with E-state index in [9.17, 15) is 4.79 Å². The van der Waals surface area contributed by atoms with E-state index < -0.39 is 12.4 Å². The van der Waals surface area contributed by atoms with Crippen LogP contribution >= 0.6 is 22.6 Å². The minimum absolute atomic E-state index is 0.0364. The van der Waals surface area contributed by atoms with Crippen molar-refractivity contribution in [3.63, 3.8) is 0 Å². The molecule has 0 radical (unpaired) electrons. The van der Waals surface area contributed by atoms with Gasteiger partial charge in [-0.05, 0) is 53.8 Å². The molecule has 2 rings (SSSR count). The maximum Gasteiger partial charge on any atom is 0.434 e. The molecular weight excluding hydrogens is 445 g/mol. The molecule has 6 heteroatoms. The summed E-state index contributed by atoms with van der Waals surface area (Å²) in [6.45, 7) is 4.63. The second-order valence-electron chi connectivity index (χ2n) is 7.11. The van der Waals surface area contributed by atoms with E-state index in [0.717, 1.165) is 41.2 Å². The lowest BCUT2D eigenvalue weighted by molar-refractivity contribution is -0.276. The van der Waals surface area contributed by atoms with E-state index in [-0.39, 0.29) is 6.04 Å². The Labute approximate surface area is 170 Å². The van der Waals surface area contributed by atoms with Gasteiger partial charge >= 0.3 is 6.09 Å². The second-order valence-corrected chi connectivity index (χ2v) is 8.27. The Morgan fingerprint density at radius 3 is 2.54 bits per heavy atom. The van der Waals surface area contributed by atoms with Crippen LogP contribution in [-0.4, -0.2) is 30.9 Å². The molecule has 1 saturated carbocycles. The van der Waals surface area contributed by atoms with E-state index in [1.807, 2.05) is 24.3 Å². The van der Waals surface area contributed by atoms with E-state index in [0.29, 0.717) is 12.5 Å². The summed E-state index contributed by atoms with van der Waals surface area (Å²) in [5.74, 6) is 0.490. The zero-order valence-corrected chi connectivity index (χ0v) is 18.1. The van der Waals surface area contributed by atoms with Gasteiger partial charge in [0.2, 0.25) is 6.29 Å². The van der Waals surface area contributed by atoms with E-state index >= 15 is 0 Å². The predicted molar refractivity (Wildman–Crippen MR) is 110 cm³/mol. The zero-order chi connectivity index (χ0) is 18.9. The van der Waals surface area contributed by atoms with Crippen LogP contribution in [0.3, 0.4) is 0 Å². The van der Waals surface area contributed by atoms with Crippen molar-refractivity contribution in [3.8, 4) is 0 Å². The smallest absolute Gasteiger partial charge is 0.434 e. The van der Waals surface area contributed by atoms with Crippen LogP contribution in [0, 0.1) is 9.49 Å². The van der Waals surface area contributed by atoms with Crippen molar-refractivity contribution in [1.29, 1.82) is 0 Å². The molecule has 0 aromatic heterocycles. The number of halogens is 1. The number of ether oxygens (including phenoxy) is 2. The predicted octanol–water partition coefficient (Wildman–Crippen LogP) is 5.69. The van der Waals surface area contributed by atoms with Crippen molar-refractivity contribution < 1.29 is 19.1 Å². The van der Waals surface area contributed by atoms with Gasteiger partial charge in [-0.15, -0.1) is 0 Å². The molecule has 146 valence electrons. The Hall–Kier alpha value is -0.860. The van der Waals surface area contributed by atoms with Crippen LogP contribution in [0.25, 0.3) is 0 Å². The lowest BCUT2D eigenvalue weighted by Gasteiger charge is -2.34. The number of hydrogen-bond donors (Lipinski definition) is 0. The third kappa shape index (κ3) is 6.39. The summed E-state index contributed by atoms with van der Waals surface area (Å²) in [5, 5.41) is 1.43. The number of nitrogens with zero attached hydrogens (tertiary/aromatic N) is 1. The van der Waals surface area contributed by atoms with Gasteiger partial charge in [0.05, 0.1) is 12.6 Å². The summed E-state index contributed by atoms with van der Waals surface area (Å²) in [5.41, 5.74) is 0.909. The Balaban J connectivity index is 2.11. The number of benzene rings is 1. The Morgan fingerprint density at radius 1 is 1.23 bits per heavy atom.